The molecule has 0 bridgehead atoms. The van der Waals surface area contributed by atoms with Crippen LogP contribution in [-0.2, 0) is 47.4 Å². The molecule has 79 heavy (non-hydrogen) atoms. The lowest BCUT2D eigenvalue weighted by atomic mass is 9.97. The molecule has 0 aliphatic carbocycles. The lowest BCUT2D eigenvalue weighted by Crippen LogP contribution is -2.66. The van der Waals surface area contributed by atoms with E-state index < -0.39 is 116 Å². The van der Waals surface area contributed by atoms with Crippen LogP contribution in [-0.4, -0.2) is 116 Å². The molecule has 2 aliphatic heterocycles. The van der Waals surface area contributed by atoms with E-state index in [1.807, 2.05) is 0 Å². The summed E-state index contributed by atoms with van der Waals surface area (Å²) in [6.45, 7) is -3.36. The first-order valence-corrected chi connectivity index (χ1v) is 24.8. The highest BCUT2D eigenvalue weighted by Gasteiger charge is 2.65. The Morgan fingerprint density at radius 1 is 0.367 bits per heavy atom. The number of halogens is 1. The van der Waals surface area contributed by atoms with Crippen molar-refractivity contribution in [2.45, 2.75) is 54.8 Å². The smallest absolute Gasteiger partial charge is 0.338 e. The number of hydrogen-bond acceptors (Lipinski definition) is 17. The van der Waals surface area contributed by atoms with Gasteiger partial charge < -0.3 is 47.4 Å². The topological polar surface area (TPSA) is 212 Å². The van der Waals surface area contributed by atoms with E-state index in [0.29, 0.717) is 0 Å². The largest absolute Gasteiger partial charge is 0.459 e. The highest BCUT2D eigenvalue weighted by Crippen LogP contribution is 2.42. The maximum Gasteiger partial charge on any atom is 0.338 e. The number of carbonyl (C=O) groups excluding carboxylic acids is 7. The molecule has 17 nitrogen and oxygen atoms in total. The summed E-state index contributed by atoms with van der Waals surface area (Å²) in [6.07, 6.45) is -15.8. The number of ether oxygens (including phenoxy) is 10. The molecule has 2 aliphatic rings. The first-order valence-electron chi connectivity index (χ1n) is 24.8. The molecule has 0 spiro atoms. The average Bonchev–Trinajstić information content (AvgIpc) is 4.07. The summed E-state index contributed by atoms with van der Waals surface area (Å²) in [6, 6.07) is 53.3. The van der Waals surface area contributed by atoms with Crippen LogP contribution in [0.15, 0.2) is 212 Å². The number of hydrogen-bond donors (Lipinski definition) is 0. The number of alkyl halides is 1. The molecule has 2 heterocycles. The maximum absolute atomic E-state index is 15.8. The van der Waals surface area contributed by atoms with Crippen LogP contribution in [0.4, 0.5) is 4.39 Å². The second kappa shape index (κ2) is 25.7. The molecule has 2 fully saturated rings. The van der Waals surface area contributed by atoms with Gasteiger partial charge in [0.2, 0.25) is 12.1 Å². The van der Waals surface area contributed by atoms with Crippen molar-refractivity contribution in [3.8, 4) is 0 Å². The summed E-state index contributed by atoms with van der Waals surface area (Å²) in [5, 5.41) is 0. The van der Waals surface area contributed by atoms with Gasteiger partial charge in [-0.15, -0.1) is 0 Å². The number of benzene rings is 7. The molecule has 0 radical (unpaired) electrons. The van der Waals surface area contributed by atoms with Crippen molar-refractivity contribution >= 4 is 41.8 Å². The van der Waals surface area contributed by atoms with E-state index >= 15 is 4.39 Å². The molecule has 0 aromatic heterocycles. The Bertz CT molecular complexity index is 3190. The second-order valence-corrected chi connectivity index (χ2v) is 17.8. The molecule has 7 aromatic rings. The minimum absolute atomic E-state index is 0.00210. The van der Waals surface area contributed by atoms with Gasteiger partial charge in [0.15, 0.2) is 30.5 Å². The summed E-state index contributed by atoms with van der Waals surface area (Å²) in [5.74, 6) is -9.94. The summed E-state index contributed by atoms with van der Waals surface area (Å²) >= 11 is 0. The van der Waals surface area contributed by atoms with Gasteiger partial charge in [-0.3, -0.25) is 0 Å². The molecule has 0 N–H and O–H groups in total. The zero-order valence-electron chi connectivity index (χ0n) is 41.8. The van der Waals surface area contributed by atoms with Gasteiger partial charge in [-0.25, -0.2) is 38.0 Å². The first kappa shape index (κ1) is 54.4. The highest BCUT2D eigenvalue weighted by atomic mass is 19.1. The number of rotatable bonds is 19. The minimum atomic E-state index is -2.85. The van der Waals surface area contributed by atoms with Crippen LogP contribution < -0.4 is 0 Å². The first-order chi connectivity index (χ1) is 38.5. The minimum Gasteiger partial charge on any atom is -0.459 e. The molecule has 9 atom stereocenters. The zero-order valence-corrected chi connectivity index (χ0v) is 41.8. The van der Waals surface area contributed by atoms with Crippen LogP contribution in [0.1, 0.15) is 72.5 Å². The van der Waals surface area contributed by atoms with Crippen LogP contribution in [0.5, 0.6) is 0 Å². The van der Waals surface area contributed by atoms with E-state index in [1.165, 1.54) is 97.1 Å². The van der Waals surface area contributed by atoms with Crippen LogP contribution in [0, 0.1) is 0 Å². The fourth-order valence-electron chi connectivity index (χ4n) is 8.66. The summed E-state index contributed by atoms with van der Waals surface area (Å²) in [4.78, 5) is 99.3. The van der Waals surface area contributed by atoms with Gasteiger partial charge in [0.25, 0.3) is 0 Å². The predicted molar refractivity (Wildman–Crippen MR) is 275 cm³/mol. The Hall–Kier alpha value is -9.36. The van der Waals surface area contributed by atoms with Gasteiger partial charge in [-0.1, -0.05) is 127 Å². The lowest BCUT2D eigenvalue weighted by molar-refractivity contribution is -0.380. The SMILES string of the molecule is O=C(OC[C@H]1O[C@H](O[C@]2(COC(=O)c3ccccc3)O[C@H](CF)[C@@H](OC(=O)c3ccccc3)[C@@H]2OC(=O)c2ccccc2)[C@H](OC(=O)c2ccccc2)[C@@H](OC(=O)c2ccccc2)[C@@H]1OC(=O)c1ccccc1)c1ccccc1. The summed E-state index contributed by atoms with van der Waals surface area (Å²) in [5.41, 5.74) is 0.0109. The lowest BCUT2D eigenvalue weighted by Gasteiger charge is -2.46. The van der Waals surface area contributed by atoms with Crippen molar-refractivity contribution in [1.29, 1.82) is 0 Å². The van der Waals surface area contributed by atoms with Crippen molar-refractivity contribution < 1.29 is 85.3 Å². The molecule has 0 unspecified atom stereocenters. The fraction of sp³-hybridized carbons (Fsp3) is 0.197. The molecule has 9 rings (SSSR count). The average molecular weight is 1070 g/mol. The molecule has 18 heteroatoms. The van der Waals surface area contributed by atoms with Crippen LogP contribution in [0.25, 0.3) is 0 Å². The summed E-state index contributed by atoms with van der Waals surface area (Å²) in [7, 11) is 0. The van der Waals surface area contributed by atoms with Crippen molar-refractivity contribution in [1.82, 2.24) is 0 Å². The van der Waals surface area contributed by atoms with E-state index in [-0.39, 0.29) is 38.9 Å². The monoisotopic (exact) mass is 1070 g/mol. The predicted octanol–water partition coefficient (Wildman–Crippen LogP) is 8.63. The van der Waals surface area contributed by atoms with Crippen molar-refractivity contribution in [3.05, 3.63) is 251 Å². The van der Waals surface area contributed by atoms with E-state index in [1.54, 1.807) is 115 Å². The van der Waals surface area contributed by atoms with Crippen molar-refractivity contribution in [2.24, 2.45) is 0 Å². The third kappa shape index (κ3) is 13.3. The summed E-state index contributed by atoms with van der Waals surface area (Å²) < 4.78 is 78.3. The molecule has 402 valence electrons. The standard InChI is InChI=1S/C61H49FO17/c62-36-46-49(74-56(66)42-28-14-4-15-29-42)52(77-59(69)45-34-20-7-21-35-45)61(78-46,38-71-54(64)40-24-10-2-11-25-40)79-60-51(76-58(68)44-32-18-6-19-33-44)50(75-57(67)43-30-16-5-17-31-43)48(73-55(65)41-26-12-3-13-27-41)47(72-60)37-70-53(63)39-22-8-1-9-23-39/h1-35,46-52,60H,36-38H2/t46-,47-,48-,49-,50+,51-,52+,60-,61+/m1/s1. The Morgan fingerprint density at radius 3 is 1.06 bits per heavy atom. The van der Waals surface area contributed by atoms with E-state index in [9.17, 15) is 33.6 Å². The third-order valence-corrected chi connectivity index (χ3v) is 12.6. The van der Waals surface area contributed by atoms with E-state index in [4.69, 9.17) is 47.4 Å². The highest BCUT2D eigenvalue weighted by molar-refractivity contribution is 5.93. The number of carbonyl (C=O) groups is 7. The van der Waals surface area contributed by atoms with E-state index in [2.05, 4.69) is 0 Å². The van der Waals surface area contributed by atoms with Gasteiger partial charge in [-0.2, -0.15) is 0 Å². The van der Waals surface area contributed by atoms with Crippen LogP contribution >= 0.6 is 0 Å². The fourth-order valence-corrected chi connectivity index (χ4v) is 8.66. The van der Waals surface area contributed by atoms with E-state index in [0.717, 1.165) is 0 Å². The Morgan fingerprint density at radius 2 is 0.684 bits per heavy atom. The molecule has 0 saturated carbocycles. The Balaban J connectivity index is 1.21. The molecular formula is C61H49FO17. The van der Waals surface area contributed by atoms with Crippen LogP contribution in [0.3, 0.4) is 0 Å². The second-order valence-electron chi connectivity index (χ2n) is 17.8. The number of esters is 7. The van der Waals surface area contributed by atoms with Gasteiger partial charge >= 0.3 is 41.8 Å². The Kier molecular flexibility index (Phi) is 17.7. The van der Waals surface area contributed by atoms with Crippen LogP contribution in [0.2, 0.25) is 0 Å². The van der Waals surface area contributed by atoms with Gasteiger partial charge in [-0.05, 0) is 84.9 Å². The Labute approximate surface area is 451 Å². The van der Waals surface area contributed by atoms with Gasteiger partial charge in [0.1, 0.15) is 32.1 Å². The van der Waals surface area contributed by atoms with Gasteiger partial charge in [0.05, 0.1) is 38.9 Å². The quantitative estimate of drug-likeness (QED) is 0.0548. The molecular weight excluding hydrogens is 1020 g/mol. The molecule has 2 saturated heterocycles. The van der Waals surface area contributed by atoms with Gasteiger partial charge in [0, 0.05) is 0 Å². The maximum atomic E-state index is 15.8. The molecule has 0 amide bonds. The zero-order chi connectivity index (χ0) is 55.1. The normalized spacial score (nSPS) is 22.2. The molecule has 7 aromatic carbocycles. The van der Waals surface area contributed by atoms with Crippen molar-refractivity contribution in [3.63, 3.8) is 0 Å². The van der Waals surface area contributed by atoms with Crippen molar-refractivity contribution in [2.75, 3.05) is 19.9 Å². The third-order valence-electron chi connectivity index (χ3n) is 12.6.